The molecule has 1 aliphatic heterocycles. The van der Waals surface area contributed by atoms with Crippen molar-refractivity contribution < 1.29 is 9.53 Å². The van der Waals surface area contributed by atoms with Crippen LogP contribution >= 0.6 is 0 Å². The average molecular weight is 291 g/mol. The molecule has 0 bridgehead atoms. The van der Waals surface area contributed by atoms with Crippen LogP contribution in [-0.4, -0.2) is 40.1 Å². The minimum atomic E-state index is -0.100. The first kappa shape index (κ1) is 14.6. The quantitative estimate of drug-likeness (QED) is 0.756. The second-order valence-electron chi connectivity index (χ2n) is 6.08. The number of imidazole rings is 1. The van der Waals surface area contributed by atoms with Gasteiger partial charge in [-0.2, -0.15) is 0 Å². The Bertz CT molecular complexity index is 476. The van der Waals surface area contributed by atoms with Crippen molar-refractivity contribution in [2.75, 3.05) is 19.7 Å². The van der Waals surface area contributed by atoms with Crippen LogP contribution < -0.4 is 0 Å². The zero-order valence-corrected chi connectivity index (χ0v) is 12.8. The number of likely N-dealkylation sites (tertiary alicyclic amines) is 1. The number of hydrogen-bond donors (Lipinski definition) is 0. The van der Waals surface area contributed by atoms with Crippen molar-refractivity contribution in [1.82, 2.24) is 14.5 Å². The summed E-state index contributed by atoms with van der Waals surface area (Å²) in [5.41, 5.74) is 1.19. The van der Waals surface area contributed by atoms with Crippen molar-refractivity contribution in [1.29, 1.82) is 0 Å². The lowest BCUT2D eigenvalue weighted by atomic mass is 10.0. The number of carbonyl (C=O) groups excluding carboxylic acids is 1. The SMILES string of the molecule is CCOC(=O)CC(c1cncn1C1CC1)N1CCCCC1. The summed E-state index contributed by atoms with van der Waals surface area (Å²) in [6.45, 7) is 4.45. The number of rotatable bonds is 6. The largest absolute Gasteiger partial charge is 0.466 e. The topological polar surface area (TPSA) is 47.4 Å². The molecule has 116 valence electrons. The summed E-state index contributed by atoms with van der Waals surface area (Å²) in [5, 5.41) is 0. The molecule has 2 fully saturated rings. The zero-order valence-electron chi connectivity index (χ0n) is 12.8. The highest BCUT2D eigenvalue weighted by Crippen LogP contribution is 2.39. The van der Waals surface area contributed by atoms with E-state index in [1.807, 2.05) is 19.4 Å². The Balaban J connectivity index is 1.79. The third kappa shape index (κ3) is 3.46. The van der Waals surface area contributed by atoms with Gasteiger partial charge in [0.25, 0.3) is 0 Å². The van der Waals surface area contributed by atoms with Gasteiger partial charge in [0.1, 0.15) is 0 Å². The predicted molar refractivity (Wildman–Crippen MR) is 79.9 cm³/mol. The van der Waals surface area contributed by atoms with E-state index in [2.05, 4.69) is 14.5 Å². The van der Waals surface area contributed by atoms with Gasteiger partial charge in [-0.3, -0.25) is 9.69 Å². The van der Waals surface area contributed by atoms with E-state index in [9.17, 15) is 4.79 Å². The summed E-state index contributed by atoms with van der Waals surface area (Å²) in [5.74, 6) is -0.100. The average Bonchev–Trinajstić information content (AvgIpc) is 3.24. The second kappa shape index (κ2) is 6.60. The number of nitrogens with zero attached hydrogens (tertiary/aromatic N) is 3. The van der Waals surface area contributed by atoms with Gasteiger partial charge in [-0.25, -0.2) is 4.98 Å². The summed E-state index contributed by atoms with van der Waals surface area (Å²) in [6, 6.07) is 0.712. The maximum atomic E-state index is 12.0. The number of carbonyl (C=O) groups is 1. The number of piperidine rings is 1. The molecular formula is C16H25N3O2. The molecule has 2 aliphatic rings. The molecule has 0 radical (unpaired) electrons. The Morgan fingerprint density at radius 3 is 2.81 bits per heavy atom. The molecule has 3 rings (SSSR count). The van der Waals surface area contributed by atoms with E-state index in [1.54, 1.807) is 0 Å². The van der Waals surface area contributed by atoms with Crippen LogP contribution in [0.15, 0.2) is 12.5 Å². The normalized spacial score (nSPS) is 21.2. The monoisotopic (exact) mass is 291 g/mol. The maximum Gasteiger partial charge on any atom is 0.307 e. The van der Waals surface area contributed by atoms with Crippen LogP contribution in [-0.2, 0) is 9.53 Å². The minimum Gasteiger partial charge on any atom is -0.466 e. The number of aromatic nitrogens is 2. The lowest BCUT2D eigenvalue weighted by Crippen LogP contribution is -2.36. The van der Waals surface area contributed by atoms with E-state index in [-0.39, 0.29) is 12.0 Å². The van der Waals surface area contributed by atoms with Crippen molar-refractivity contribution in [3.8, 4) is 0 Å². The molecule has 0 spiro atoms. The van der Waals surface area contributed by atoms with E-state index in [1.165, 1.54) is 37.8 Å². The minimum absolute atomic E-state index is 0.100. The van der Waals surface area contributed by atoms with Crippen LogP contribution in [0.1, 0.15) is 63.2 Å². The van der Waals surface area contributed by atoms with Gasteiger partial charge < -0.3 is 9.30 Å². The van der Waals surface area contributed by atoms with Crippen LogP contribution in [0.2, 0.25) is 0 Å². The molecule has 1 unspecified atom stereocenters. The highest BCUT2D eigenvalue weighted by atomic mass is 16.5. The lowest BCUT2D eigenvalue weighted by Gasteiger charge is -2.34. The standard InChI is InChI=1S/C16H25N3O2/c1-2-21-16(20)10-14(18-8-4-3-5-9-18)15-11-17-12-19(15)13-6-7-13/h11-14H,2-10H2,1H3. The van der Waals surface area contributed by atoms with Gasteiger partial charge >= 0.3 is 5.97 Å². The molecule has 1 aliphatic carbocycles. The van der Waals surface area contributed by atoms with Gasteiger partial charge in [-0.1, -0.05) is 6.42 Å². The van der Waals surface area contributed by atoms with Gasteiger partial charge in [0.05, 0.1) is 31.1 Å². The molecule has 1 aromatic rings. The molecule has 1 atom stereocenters. The van der Waals surface area contributed by atoms with E-state index >= 15 is 0 Å². The molecule has 0 aromatic carbocycles. The molecule has 1 saturated carbocycles. The van der Waals surface area contributed by atoms with Crippen LogP contribution in [0.5, 0.6) is 0 Å². The van der Waals surface area contributed by atoms with Crippen molar-refractivity contribution >= 4 is 5.97 Å². The van der Waals surface area contributed by atoms with Crippen molar-refractivity contribution in [3.63, 3.8) is 0 Å². The Kier molecular flexibility index (Phi) is 4.58. The Morgan fingerprint density at radius 1 is 1.38 bits per heavy atom. The van der Waals surface area contributed by atoms with E-state index in [4.69, 9.17) is 4.74 Å². The molecule has 5 heteroatoms. The van der Waals surface area contributed by atoms with Gasteiger partial charge in [-0.05, 0) is 45.7 Å². The highest BCUT2D eigenvalue weighted by Gasteiger charge is 2.32. The Labute approximate surface area is 126 Å². The van der Waals surface area contributed by atoms with Gasteiger partial charge in [0, 0.05) is 12.2 Å². The van der Waals surface area contributed by atoms with Crippen molar-refractivity contribution in [2.45, 2.75) is 57.5 Å². The summed E-state index contributed by atoms with van der Waals surface area (Å²) >= 11 is 0. The smallest absolute Gasteiger partial charge is 0.307 e. The molecule has 1 saturated heterocycles. The number of ether oxygens (including phenoxy) is 1. The first-order chi connectivity index (χ1) is 10.3. The van der Waals surface area contributed by atoms with Gasteiger partial charge in [-0.15, -0.1) is 0 Å². The Hall–Kier alpha value is -1.36. The molecule has 5 nitrogen and oxygen atoms in total. The van der Waals surface area contributed by atoms with Crippen molar-refractivity contribution in [3.05, 3.63) is 18.2 Å². The summed E-state index contributed by atoms with van der Waals surface area (Å²) < 4.78 is 7.46. The number of hydrogen-bond acceptors (Lipinski definition) is 4. The fourth-order valence-corrected chi connectivity index (χ4v) is 3.26. The third-order valence-electron chi connectivity index (χ3n) is 4.47. The van der Waals surface area contributed by atoms with E-state index < -0.39 is 0 Å². The van der Waals surface area contributed by atoms with Crippen LogP contribution in [0, 0.1) is 0 Å². The first-order valence-electron chi connectivity index (χ1n) is 8.21. The number of esters is 1. The van der Waals surface area contributed by atoms with Crippen LogP contribution in [0.3, 0.4) is 0 Å². The van der Waals surface area contributed by atoms with Crippen molar-refractivity contribution in [2.24, 2.45) is 0 Å². The summed E-state index contributed by atoms with van der Waals surface area (Å²) in [6.07, 6.45) is 10.5. The first-order valence-corrected chi connectivity index (χ1v) is 8.21. The molecule has 0 amide bonds. The van der Waals surface area contributed by atoms with E-state index in [0.29, 0.717) is 19.1 Å². The highest BCUT2D eigenvalue weighted by molar-refractivity contribution is 5.70. The molecule has 21 heavy (non-hydrogen) atoms. The van der Waals surface area contributed by atoms with Gasteiger partial charge in [0.2, 0.25) is 0 Å². The van der Waals surface area contributed by atoms with Crippen LogP contribution in [0.25, 0.3) is 0 Å². The summed E-state index contributed by atoms with van der Waals surface area (Å²) in [4.78, 5) is 18.8. The van der Waals surface area contributed by atoms with E-state index in [0.717, 1.165) is 13.1 Å². The fraction of sp³-hybridized carbons (Fsp3) is 0.750. The zero-order chi connectivity index (χ0) is 14.7. The molecule has 0 N–H and O–H groups in total. The fourth-order valence-electron chi connectivity index (χ4n) is 3.26. The maximum absolute atomic E-state index is 12.0. The lowest BCUT2D eigenvalue weighted by molar-refractivity contribution is -0.144. The van der Waals surface area contributed by atoms with Gasteiger partial charge in [0.15, 0.2) is 0 Å². The third-order valence-corrected chi connectivity index (χ3v) is 4.47. The molecule has 2 heterocycles. The Morgan fingerprint density at radius 2 is 2.14 bits per heavy atom. The summed E-state index contributed by atoms with van der Waals surface area (Å²) in [7, 11) is 0. The molecular weight excluding hydrogens is 266 g/mol. The second-order valence-corrected chi connectivity index (χ2v) is 6.08. The predicted octanol–water partition coefficient (Wildman–Crippen LogP) is 2.70. The van der Waals surface area contributed by atoms with Crippen LogP contribution in [0.4, 0.5) is 0 Å². The molecule has 1 aromatic heterocycles.